The topological polar surface area (TPSA) is 12.0 Å². The van der Waals surface area contributed by atoms with E-state index in [1.165, 1.54) is 37.8 Å². The Morgan fingerprint density at radius 1 is 1.17 bits per heavy atom. The minimum atomic E-state index is 0.494. The molecule has 1 heteroatoms. The number of aryl methyl sites for hydroxylation is 1. The molecule has 0 aliphatic heterocycles. The van der Waals surface area contributed by atoms with Crippen molar-refractivity contribution in [2.45, 2.75) is 57.4 Å². The Morgan fingerprint density at radius 3 is 2.44 bits per heavy atom. The minimum absolute atomic E-state index is 0.494. The summed E-state index contributed by atoms with van der Waals surface area (Å²) in [5, 5.41) is 3.70. The summed E-state index contributed by atoms with van der Waals surface area (Å²) >= 11 is 0. The number of benzene rings is 1. The molecule has 1 aromatic rings. The second kappa shape index (κ2) is 4.70. The average Bonchev–Trinajstić information content (AvgIpc) is 3.31. The fourth-order valence-electron chi connectivity index (χ4n) is 3.31. The first-order valence-corrected chi connectivity index (χ1v) is 7.61. The monoisotopic (exact) mass is 243 g/mol. The van der Waals surface area contributed by atoms with Gasteiger partial charge in [0.05, 0.1) is 0 Å². The van der Waals surface area contributed by atoms with Crippen molar-refractivity contribution in [3.05, 3.63) is 35.4 Å². The van der Waals surface area contributed by atoms with Gasteiger partial charge in [-0.3, -0.25) is 0 Å². The van der Waals surface area contributed by atoms with Gasteiger partial charge in [0.2, 0.25) is 0 Å². The Hall–Kier alpha value is -0.820. The van der Waals surface area contributed by atoms with E-state index in [1.807, 2.05) is 0 Å². The first-order chi connectivity index (χ1) is 8.78. The molecule has 18 heavy (non-hydrogen) atoms. The molecule has 2 aliphatic carbocycles. The van der Waals surface area contributed by atoms with Crippen LogP contribution in [-0.4, -0.2) is 12.6 Å². The van der Waals surface area contributed by atoms with Gasteiger partial charge in [-0.15, -0.1) is 0 Å². The lowest BCUT2D eigenvalue weighted by Crippen LogP contribution is -2.23. The maximum Gasteiger partial charge on any atom is 0.00683 e. The summed E-state index contributed by atoms with van der Waals surface area (Å²) in [7, 11) is 0. The normalized spacial score (nSPS) is 30.4. The maximum atomic E-state index is 3.70. The molecule has 1 N–H and O–H groups in total. The highest BCUT2D eigenvalue weighted by Gasteiger charge is 2.53. The Morgan fingerprint density at radius 2 is 1.89 bits per heavy atom. The van der Waals surface area contributed by atoms with Crippen LogP contribution in [0.2, 0.25) is 0 Å². The van der Waals surface area contributed by atoms with Crippen LogP contribution in [0.15, 0.2) is 24.3 Å². The maximum absolute atomic E-state index is 3.70. The molecule has 0 bridgehead atoms. The third-order valence-electron chi connectivity index (χ3n) is 5.03. The smallest absolute Gasteiger partial charge is 0.00683 e. The summed E-state index contributed by atoms with van der Waals surface area (Å²) in [6, 6.07) is 10.2. The van der Waals surface area contributed by atoms with Gasteiger partial charge in [-0.05, 0) is 61.1 Å². The van der Waals surface area contributed by atoms with Crippen molar-refractivity contribution in [2.75, 3.05) is 6.54 Å². The fourth-order valence-corrected chi connectivity index (χ4v) is 3.31. The molecule has 2 aliphatic rings. The van der Waals surface area contributed by atoms with Gasteiger partial charge in [-0.1, -0.05) is 38.1 Å². The van der Waals surface area contributed by atoms with Crippen LogP contribution in [0.3, 0.4) is 0 Å². The van der Waals surface area contributed by atoms with E-state index in [9.17, 15) is 0 Å². The lowest BCUT2D eigenvalue weighted by Gasteiger charge is -2.17. The van der Waals surface area contributed by atoms with Gasteiger partial charge in [0.25, 0.3) is 0 Å². The minimum Gasteiger partial charge on any atom is -0.314 e. The molecule has 1 aromatic carbocycles. The zero-order valence-electron chi connectivity index (χ0n) is 11.7. The van der Waals surface area contributed by atoms with Gasteiger partial charge < -0.3 is 5.32 Å². The largest absolute Gasteiger partial charge is 0.314 e. The molecule has 2 saturated carbocycles. The summed E-state index contributed by atoms with van der Waals surface area (Å²) in [5.41, 5.74) is 3.52. The van der Waals surface area contributed by atoms with Crippen molar-refractivity contribution in [1.82, 2.24) is 5.32 Å². The van der Waals surface area contributed by atoms with Crippen molar-refractivity contribution in [1.29, 1.82) is 0 Å². The summed E-state index contributed by atoms with van der Waals surface area (Å²) in [6.45, 7) is 5.81. The van der Waals surface area contributed by atoms with Crippen LogP contribution < -0.4 is 5.32 Å². The third-order valence-corrected chi connectivity index (χ3v) is 5.03. The van der Waals surface area contributed by atoms with Crippen LogP contribution in [0.1, 0.15) is 50.7 Å². The Bertz CT molecular complexity index is 404. The summed E-state index contributed by atoms with van der Waals surface area (Å²) < 4.78 is 0. The molecular formula is C17H25N. The lowest BCUT2D eigenvalue weighted by molar-refractivity contribution is 0.537. The molecule has 2 atom stereocenters. The van der Waals surface area contributed by atoms with Crippen LogP contribution >= 0.6 is 0 Å². The van der Waals surface area contributed by atoms with Crippen LogP contribution in [0.25, 0.3) is 0 Å². The zero-order valence-corrected chi connectivity index (χ0v) is 11.7. The van der Waals surface area contributed by atoms with Gasteiger partial charge in [-0.25, -0.2) is 0 Å². The second-order valence-corrected chi connectivity index (χ2v) is 6.14. The number of hydrogen-bond acceptors (Lipinski definition) is 1. The van der Waals surface area contributed by atoms with E-state index in [1.54, 1.807) is 5.56 Å². The standard InChI is InChI=1S/C17H25N/c1-3-13-5-7-14(8-6-13)17(4-2)11-15(17)12-18-16-9-10-16/h5-8,15-16,18H,3-4,9-12H2,1-2H3. The molecule has 2 unspecified atom stereocenters. The molecule has 0 spiro atoms. The first-order valence-electron chi connectivity index (χ1n) is 7.61. The van der Waals surface area contributed by atoms with E-state index >= 15 is 0 Å². The van der Waals surface area contributed by atoms with Gasteiger partial charge in [0, 0.05) is 6.04 Å². The van der Waals surface area contributed by atoms with Crippen molar-refractivity contribution in [3.8, 4) is 0 Å². The van der Waals surface area contributed by atoms with Crippen molar-refractivity contribution >= 4 is 0 Å². The summed E-state index contributed by atoms with van der Waals surface area (Å²) in [4.78, 5) is 0. The zero-order chi connectivity index (χ0) is 12.6. The Balaban J connectivity index is 1.67. The van der Waals surface area contributed by atoms with Crippen LogP contribution in [-0.2, 0) is 11.8 Å². The second-order valence-electron chi connectivity index (χ2n) is 6.14. The van der Waals surface area contributed by atoms with Crippen molar-refractivity contribution < 1.29 is 0 Å². The van der Waals surface area contributed by atoms with Gasteiger partial charge in [0.15, 0.2) is 0 Å². The summed E-state index contributed by atoms with van der Waals surface area (Å²) in [6.07, 6.45) is 6.62. The highest BCUT2D eigenvalue weighted by atomic mass is 15.0. The molecule has 0 radical (unpaired) electrons. The molecule has 0 heterocycles. The lowest BCUT2D eigenvalue weighted by atomic mass is 9.89. The molecule has 98 valence electrons. The van der Waals surface area contributed by atoms with Crippen LogP contribution in [0.4, 0.5) is 0 Å². The molecule has 3 rings (SSSR count). The number of nitrogens with one attached hydrogen (secondary N) is 1. The average molecular weight is 243 g/mol. The highest BCUT2D eigenvalue weighted by Crippen LogP contribution is 2.56. The van der Waals surface area contributed by atoms with Gasteiger partial charge in [0.1, 0.15) is 0 Å². The molecule has 2 fully saturated rings. The Kier molecular flexibility index (Phi) is 3.19. The van der Waals surface area contributed by atoms with Crippen LogP contribution in [0, 0.1) is 5.92 Å². The van der Waals surface area contributed by atoms with Crippen molar-refractivity contribution in [2.24, 2.45) is 5.92 Å². The van der Waals surface area contributed by atoms with E-state index in [4.69, 9.17) is 0 Å². The van der Waals surface area contributed by atoms with Crippen LogP contribution in [0.5, 0.6) is 0 Å². The SMILES string of the molecule is CCc1ccc(C2(CC)CC2CNC2CC2)cc1. The molecule has 0 saturated heterocycles. The molecular weight excluding hydrogens is 218 g/mol. The van der Waals surface area contributed by atoms with Gasteiger partial charge >= 0.3 is 0 Å². The number of rotatable bonds is 6. The molecule has 0 amide bonds. The van der Waals surface area contributed by atoms with Crippen molar-refractivity contribution in [3.63, 3.8) is 0 Å². The predicted molar refractivity (Wildman–Crippen MR) is 76.9 cm³/mol. The Labute approximate surface area is 111 Å². The molecule has 0 aromatic heterocycles. The first kappa shape index (κ1) is 12.2. The number of hydrogen-bond donors (Lipinski definition) is 1. The van der Waals surface area contributed by atoms with E-state index in [-0.39, 0.29) is 0 Å². The predicted octanol–water partition coefficient (Wildman–Crippen LogP) is 3.67. The third kappa shape index (κ3) is 2.21. The highest BCUT2D eigenvalue weighted by molar-refractivity contribution is 5.36. The van der Waals surface area contributed by atoms with E-state index in [2.05, 4.69) is 43.4 Å². The molecule has 1 nitrogen and oxygen atoms in total. The van der Waals surface area contributed by atoms with E-state index in [0.29, 0.717) is 5.41 Å². The summed E-state index contributed by atoms with van der Waals surface area (Å²) in [5.74, 6) is 0.871. The quantitative estimate of drug-likeness (QED) is 0.804. The van der Waals surface area contributed by atoms with E-state index < -0.39 is 0 Å². The van der Waals surface area contributed by atoms with Gasteiger partial charge in [-0.2, -0.15) is 0 Å². The fraction of sp³-hybridized carbons (Fsp3) is 0.647. The van der Waals surface area contributed by atoms with E-state index in [0.717, 1.165) is 18.4 Å².